The molecule has 2 aromatic heterocycles. The minimum absolute atomic E-state index is 0.000937. The van der Waals surface area contributed by atoms with Gasteiger partial charge in [0.05, 0.1) is 0 Å². The van der Waals surface area contributed by atoms with E-state index in [-0.39, 0.29) is 11.8 Å². The predicted molar refractivity (Wildman–Crippen MR) is 70.3 cm³/mol. The summed E-state index contributed by atoms with van der Waals surface area (Å²) >= 11 is 0. The zero-order valence-electron chi connectivity index (χ0n) is 10.8. The van der Waals surface area contributed by atoms with Gasteiger partial charge in [-0.25, -0.2) is 0 Å². The quantitative estimate of drug-likeness (QED) is 0.881. The first-order valence-electron chi connectivity index (χ1n) is 6.33. The molecule has 5 nitrogen and oxygen atoms in total. The number of amides is 1. The van der Waals surface area contributed by atoms with Crippen LogP contribution in [0.5, 0.6) is 0 Å². The van der Waals surface area contributed by atoms with Crippen molar-refractivity contribution in [3.05, 3.63) is 24.4 Å². The summed E-state index contributed by atoms with van der Waals surface area (Å²) in [5.41, 5.74) is 0.731. The van der Waals surface area contributed by atoms with E-state index in [0.29, 0.717) is 5.95 Å². The van der Waals surface area contributed by atoms with Crippen LogP contribution in [0.15, 0.2) is 24.4 Å². The van der Waals surface area contributed by atoms with Gasteiger partial charge in [-0.3, -0.25) is 14.5 Å². The Kier molecular flexibility index (Phi) is 3.92. The minimum Gasteiger partial charge on any atom is -0.294 e. The highest BCUT2D eigenvalue weighted by molar-refractivity contribution is 5.90. The monoisotopic (exact) mass is 246 g/mol. The van der Waals surface area contributed by atoms with Gasteiger partial charge in [-0.2, -0.15) is 0 Å². The van der Waals surface area contributed by atoms with Gasteiger partial charge in [-0.05, 0) is 18.6 Å². The van der Waals surface area contributed by atoms with Gasteiger partial charge >= 0.3 is 0 Å². The van der Waals surface area contributed by atoms with E-state index in [9.17, 15) is 4.79 Å². The van der Waals surface area contributed by atoms with Gasteiger partial charge in [0.15, 0.2) is 5.65 Å². The molecule has 18 heavy (non-hydrogen) atoms. The average molecular weight is 246 g/mol. The number of unbranched alkanes of at least 4 members (excludes halogenated alkanes) is 1. The third-order valence-electron chi connectivity index (χ3n) is 2.99. The molecule has 0 aliphatic heterocycles. The molecule has 0 bridgehead atoms. The number of aromatic nitrogens is 3. The summed E-state index contributed by atoms with van der Waals surface area (Å²) in [5.74, 6) is 0.488. The van der Waals surface area contributed by atoms with Crippen molar-refractivity contribution in [1.82, 2.24) is 14.6 Å². The summed E-state index contributed by atoms with van der Waals surface area (Å²) in [6, 6.07) is 5.62. The van der Waals surface area contributed by atoms with Crippen molar-refractivity contribution in [1.29, 1.82) is 0 Å². The van der Waals surface area contributed by atoms with Crippen molar-refractivity contribution in [2.45, 2.75) is 33.1 Å². The summed E-state index contributed by atoms with van der Waals surface area (Å²) in [5, 5.41) is 10.8. The minimum atomic E-state index is 0.000937. The molecule has 0 radical (unpaired) electrons. The van der Waals surface area contributed by atoms with Crippen LogP contribution in [0.25, 0.3) is 5.65 Å². The highest BCUT2D eigenvalue weighted by Crippen LogP contribution is 2.12. The van der Waals surface area contributed by atoms with Crippen molar-refractivity contribution in [2.24, 2.45) is 5.92 Å². The SMILES string of the molecule is CCCC[C@@H](C)C(=O)Nc1nnc2ccccn12. The van der Waals surface area contributed by atoms with Crippen LogP contribution >= 0.6 is 0 Å². The summed E-state index contributed by atoms with van der Waals surface area (Å²) < 4.78 is 1.77. The molecular formula is C13H18N4O. The van der Waals surface area contributed by atoms with Crippen molar-refractivity contribution < 1.29 is 4.79 Å². The molecule has 0 fully saturated rings. The van der Waals surface area contributed by atoms with E-state index in [4.69, 9.17) is 0 Å². The van der Waals surface area contributed by atoms with Crippen molar-refractivity contribution in [3.8, 4) is 0 Å². The fourth-order valence-corrected chi connectivity index (χ4v) is 1.80. The standard InChI is InChI=1S/C13H18N4O/c1-3-4-7-10(2)12(18)14-13-16-15-11-8-5-6-9-17(11)13/h5-6,8-10H,3-4,7H2,1-2H3,(H,14,16,18)/t10-/m1/s1. The van der Waals surface area contributed by atoms with Crippen LogP contribution in [-0.2, 0) is 4.79 Å². The third-order valence-corrected chi connectivity index (χ3v) is 2.99. The normalized spacial score (nSPS) is 12.6. The molecule has 96 valence electrons. The zero-order chi connectivity index (χ0) is 13.0. The number of rotatable bonds is 5. The lowest BCUT2D eigenvalue weighted by Gasteiger charge is -2.10. The molecule has 0 aliphatic carbocycles. The first-order valence-corrected chi connectivity index (χ1v) is 6.33. The van der Waals surface area contributed by atoms with E-state index in [1.807, 2.05) is 31.3 Å². The van der Waals surface area contributed by atoms with E-state index in [0.717, 1.165) is 24.9 Å². The lowest BCUT2D eigenvalue weighted by Crippen LogP contribution is -2.21. The number of pyridine rings is 1. The first-order chi connectivity index (χ1) is 8.72. The van der Waals surface area contributed by atoms with Crippen molar-refractivity contribution in [2.75, 3.05) is 5.32 Å². The summed E-state index contributed by atoms with van der Waals surface area (Å²) in [6.07, 6.45) is 4.90. The number of nitrogens with one attached hydrogen (secondary N) is 1. The maximum absolute atomic E-state index is 12.0. The molecular weight excluding hydrogens is 228 g/mol. The molecule has 0 aromatic carbocycles. The molecule has 0 spiro atoms. The van der Waals surface area contributed by atoms with Crippen LogP contribution in [0.3, 0.4) is 0 Å². The molecule has 0 aliphatic rings. The second-order valence-electron chi connectivity index (χ2n) is 4.48. The van der Waals surface area contributed by atoms with Gasteiger partial charge in [0, 0.05) is 12.1 Å². The molecule has 0 saturated heterocycles. The number of nitrogens with zero attached hydrogens (tertiary/aromatic N) is 3. The topological polar surface area (TPSA) is 59.3 Å². The van der Waals surface area contributed by atoms with E-state index in [1.165, 1.54) is 0 Å². The third kappa shape index (κ3) is 2.67. The van der Waals surface area contributed by atoms with Crippen LogP contribution < -0.4 is 5.32 Å². The average Bonchev–Trinajstić information content (AvgIpc) is 2.79. The molecule has 1 amide bonds. The number of anilines is 1. The van der Waals surface area contributed by atoms with Gasteiger partial charge in [0.1, 0.15) is 0 Å². The maximum atomic E-state index is 12.0. The Labute approximate surface area is 106 Å². The Morgan fingerprint density at radius 1 is 1.44 bits per heavy atom. The molecule has 0 saturated carbocycles. The van der Waals surface area contributed by atoms with Gasteiger partial charge in [-0.15, -0.1) is 10.2 Å². The second kappa shape index (κ2) is 5.62. The molecule has 2 aromatic rings. The highest BCUT2D eigenvalue weighted by Gasteiger charge is 2.15. The fourth-order valence-electron chi connectivity index (χ4n) is 1.80. The second-order valence-corrected chi connectivity index (χ2v) is 4.48. The molecule has 2 rings (SSSR count). The largest absolute Gasteiger partial charge is 0.294 e. The van der Waals surface area contributed by atoms with Gasteiger partial charge < -0.3 is 0 Å². The molecule has 2 heterocycles. The molecule has 0 unspecified atom stereocenters. The Morgan fingerprint density at radius 3 is 3.06 bits per heavy atom. The van der Waals surface area contributed by atoms with Crippen molar-refractivity contribution >= 4 is 17.5 Å². The molecule has 1 atom stereocenters. The van der Waals surface area contributed by atoms with E-state index in [1.54, 1.807) is 4.40 Å². The molecule has 1 N–H and O–H groups in total. The predicted octanol–water partition coefficient (Wildman–Crippen LogP) is 2.49. The number of hydrogen-bond donors (Lipinski definition) is 1. The zero-order valence-corrected chi connectivity index (χ0v) is 10.8. The number of fused-ring (bicyclic) bond motifs is 1. The van der Waals surface area contributed by atoms with Crippen LogP contribution in [0.1, 0.15) is 33.1 Å². The summed E-state index contributed by atoms with van der Waals surface area (Å²) in [7, 11) is 0. The number of carbonyl (C=O) groups is 1. The summed E-state index contributed by atoms with van der Waals surface area (Å²) in [6.45, 7) is 4.06. The Morgan fingerprint density at radius 2 is 2.28 bits per heavy atom. The Balaban J connectivity index is 2.07. The van der Waals surface area contributed by atoms with Crippen LogP contribution in [-0.4, -0.2) is 20.5 Å². The van der Waals surface area contributed by atoms with Gasteiger partial charge in [0.25, 0.3) is 0 Å². The smallest absolute Gasteiger partial charge is 0.235 e. The lowest BCUT2D eigenvalue weighted by molar-refractivity contribution is -0.119. The van der Waals surface area contributed by atoms with Crippen LogP contribution in [0.4, 0.5) is 5.95 Å². The van der Waals surface area contributed by atoms with E-state index in [2.05, 4.69) is 22.4 Å². The lowest BCUT2D eigenvalue weighted by atomic mass is 10.0. The van der Waals surface area contributed by atoms with Crippen molar-refractivity contribution in [3.63, 3.8) is 0 Å². The highest BCUT2D eigenvalue weighted by atomic mass is 16.2. The number of carbonyl (C=O) groups excluding carboxylic acids is 1. The summed E-state index contributed by atoms with van der Waals surface area (Å²) in [4.78, 5) is 12.0. The fraction of sp³-hybridized carbons (Fsp3) is 0.462. The maximum Gasteiger partial charge on any atom is 0.235 e. The van der Waals surface area contributed by atoms with Crippen LogP contribution in [0.2, 0.25) is 0 Å². The Bertz CT molecular complexity index is 535. The van der Waals surface area contributed by atoms with Gasteiger partial charge in [-0.1, -0.05) is 32.8 Å². The molecule has 5 heteroatoms. The van der Waals surface area contributed by atoms with E-state index >= 15 is 0 Å². The van der Waals surface area contributed by atoms with Gasteiger partial charge in [0.2, 0.25) is 11.9 Å². The van der Waals surface area contributed by atoms with Crippen LogP contribution in [0, 0.1) is 5.92 Å². The Hall–Kier alpha value is -1.91. The van der Waals surface area contributed by atoms with E-state index < -0.39 is 0 Å². The first kappa shape index (κ1) is 12.5. The number of hydrogen-bond acceptors (Lipinski definition) is 3.